The van der Waals surface area contributed by atoms with Gasteiger partial charge < -0.3 is 10.5 Å². The molecule has 0 saturated carbocycles. The number of esters is 1. The highest BCUT2D eigenvalue weighted by molar-refractivity contribution is 6.48. The molecular formula is C12H18FN3O2. The molecule has 1 aliphatic heterocycles. The molecule has 6 heteroatoms. The lowest BCUT2D eigenvalue weighted by Gasteiger charge is -2.06. The number of aliphatic imine (C=N–C) groups is 1. The number of halogens is 1. The fraction of sp³-hybridized carbons (Fsp3) is 0.417. The summed E-state index contributed by atoms with van der Waals surface area (Å²) >= 11 is 0. The Labute approximate surface area is 106 Å². The normalized spacial score (nSPS) is 14.1. The highest BCUT2D eigenvalue weighted by Crippen LogP contribution is 2.11. The minimum atomic E-state index is -0.797. The third-order valence-corrected chi connectivity index (χ3v) is 1.86. The van der Waals surface area contributed by atoms with Crippen molar-refractivity contribution in [3.63, 3.8) is 0 Å². The molecule has 0 radical (unpaired) electrons. The molecule has 0 fully saturated rings. The molecule has 0 atom stereocenters. The molecule has 0 saturated heterocycles. The van der Waals surface area contributed by atoms with Gasteiger partial charge >= 0.3 is 5.97 Å². The molecular weight excluding hydrogens is 237 g/mol. The third kappa shape index (κ3) is 4.48. The van der Waals surface area contributed by atoms with Gasteiger partial charge in [-0.2, -0.15) is 4.39 Å². The molecule has 1 heterocycles. The van der Waals surface area contributed by atoms with Crippen LogP contribution in [0, 0.1) is 5.41 Å². The zero-order valence-corrected chi connectivity index (χ0v) is 10.8. The van der Waals surface area contributed by atoms with Gasteiger partial charge in [0, 0.05) is 5.57 Å². The van der Waals surface area contributed by atoms with Gasteiger partial charge in [-0.1, -0.05) is 19.9 Å². The molecule has 18 heavy (non-hydrogen) atoms. The van der Waals surface area contributed by atoms with E-state index in [0.717, 1.165) is 0 Å². The van der Waals surface area contributed by atoms with Crippen molar-refractivity contribution in [3.8, 4) is 0 Å². The molecule has 0 bridgehead atoms. The van der Waals surface area contributed by atoms with E-state index in [0.29, 0.717) is 0 Å². The number of ether oxygens (including phenoxy) is 1. The van der Waals surface area contributed by atoms with Crippen molar-refractivity contribution in [2.45, 2.75) is 27.2 Å². The second-order valence-electron chi connectivity index (χ2n) is 2.97. The topological polar surface area (TPSA) is 88.5 Å². The second-order valence-corrected chi connectivity index (χ2v) is 2.97. The second kappa shape index (κ2) is 8.16. The van der Waals surface area contributed by atoms with Gasteiger partial charge in [0.15, 0.2) is 5.71 Å². The van der Waals surface area contributed by atoms with E-state index in [1.165, 1.54) is 12.2 Å². The Morgan fingerprint density at radius 1 is 1.56 bits per heavy atom. The van der Waals surface area contributed by atoms with Crippen LogP contribution in [0.5, 0.6) is 0 Å². The van der Waals surface area contributed by atoms with Crippen LogP contribution in [0.15, 0.2) is 28.7 Å². The van der Waals surface area contributed by atoms with Crippen LogP contribution in [-0.4, -0.2) is 24.1 Å². The predicted octanol–water partition coefficient (Wildman–Crippen LogP) is 2.09. The van der Waals surface area contributed by atoms with Crippen LogP contribution in [0.1, 0.15) is 27.2 Å². The fourth-order valence-electron chi connectivity index (χ4n) is 1.14. The van der Waals surface area contributed by atoms with Gasteiger partial charge in [0.1, 0.15) is 5.84 Å². The van der Waals surface area contributed by atoms with Crippen molar-refractivity contribution >= 4 is 17.5 Å². The Kier molecular flexibility index (Phi) is 7.26. The van der Waals surface area contributed by atoms with Crippen molar-refractivity contribution < 1.29 is 13.9 Å². The molecule has 3 N–H and O–H groups in total. The van der Waals surface area contributed by atoms with E-state index in [-0.39, 0.29) is 24.4 Å². The Morgan fingerprint density at radius 3 is 2.72 bits per heavy atom. The number of nitrogens with one attached hydrogen (secondary N) is 1. The first-order chi connectivity index (χ1) is 8.56. The molecule has 0 aromatic carbocycles. The van der Waals surface area contributed by atoms with Gasteiger partial charge in [0.05, 0.1) is 6.61 Å². The van der Waals surface area contributed by atoms with Crippen molar-refractivity contribution in [2.75, 3.05) is 6.61 Å². The number of nitrogens with zero attached hydrogens (tertiary/aromatic N) is 1. The van der Waals surface area contributed by atoms with Crippen LogP contribution in [-0.2, 0) is 9.53 Å². The van der Waals surface area contributed by atoms with Gasteiger partial charge in [-0.05, 0) is 19.4 Å². The lowest BCUT2D eigenvalue weighted by molar-refractivity contribution is -0.135. The summed E-state index contributed by atoms with van der Waals surface area (Å²) in [6.07, 6.45) is 2.90. The Hall–Kier alpha value is -1.98. The van der Waals surface area contributed by atoms with Crippen LogP contribution in [0.25, 0.3) is 0 Å². The van der Waals surface area contributed by atoms with Crippen LogP contribution >= 0.6 is 0 Å². The Balaban J connectivity index is 0.00000137. The minimum absolute atomic E-state index is 0.0994. The fourth-order valence-corrected chi connectivity index (χ4v) is 1.14. The van der Waals surface area contributed by atoms with Crippen molar-refractivity contribution in [2.24, 2.45) is 10.7 Å². The largest absolute Gasteiger partial charge is 0.461 e. The van der Waals surface area contributed by atoms with Crippen molar-refractivity contribution in [1.29, 1.82) is 5.41 Å². The average molecular weight is 255 g/mol. The van der Waals surface area contributed by atoms with E-state index in [2.05, 4.69) is 9.73 Å². The molecule has 0 amide bonds. The maximum absolute atomic E-state index is 12.9. The number of nitrogens with two attached hydrogens (primary N) is 1. The lowest BCUT2D eigenvalue weighted by Crippen LogP contribution is -2.27. The number of carbonyl (C=O) groups is 1. The van der Waals surface area contributed by atoms with Gasteiger partial charge in [-0.3, -0.25) is 5.41 Å². The van der Waals surface area contributed by atoms with E-state index in [1.807, 2.05) is 13.8 Å². The monoisotopic (exact) mass is 255 g/mol. The van der Waals surface area contributed by atoms with Crippen LogP contribution in [0.2, 0.25) is 0 Å². The van der Waals surface area contributed by atoms with Crippen LogP contribution in [0.4, 0.5) is 4.39 Å². The number of amidine groups is 1. The first-order valence-corrected chi connectivity index (χ1v) is 5.72. The summed E-state index contributed by atoms with van der Waals surface area (Å²) in [5.41, 5.74) is 5.15. The first kappa shape index (κ1) is 16.0. The quantitative estimate of drug-likeness (QED) is 0.459. The maximum atomic E-state index is 12.9. The smallest absolute Gasteiger partial charge is 0.356 e. The summed E-state index contributed by atoms with van der Waals surface area (Å²) in [4.78, 5) is 14.7. The van der Waals surface area contributed by atoms with E-state index in [4.69, 9.17) is 11.1 Å². The Bertz CT molecular complexity index is 412. The van der Waals surface area contributed by atoms with E-state index in [9.17, 15) is 9.18 Å². The lowest BCUT2D eigenvalue weighted by atomic mass is 10.1. The number of hydrogen-bond acceptors (Lipinski definition) is 5. The number of allylic oxidation sites excluding steroid dienone is 2. The molecule has 0 aromatic heterocycles. The number of hydrogen-bond donors (Lipinski definition) is 2. The van der Waals surface area contributed by atoms with Gasteiger partial charge in [-0.25, -0.2) is 9.79 Å². The standard InChI is InChI=1S/C10H12FN3O2.C2H6/c1-2-16-10(15)8(12)6-4-3-5-7(11)14-9(6)13;1-2/h4-5,12H,2-3H2,1H3,(H2,13,14);1-2H3. The summed E-state index contributed by atoms with van der Waals surface area (Å²) in [5.74, 6) is -1.71. The van der Waals surface area contributed by atoms with Gasteiger partial charge in [0.25, 0.3) is 0 Å². The molecule has 5 nitrogen and oxygen atoms in total. The van der Waals surface area contributed by atoms with Crippen LogP contribution < -0.4 is 5.73 Å². The average Bonchev–Trinajstić information content (AvgIpc) is 2.52. The Morgan fingerprint density at radius 2 is 2.17 bits per heavy atom. The number of carbonyl (C=O) groups excluding carboxylic acids is 1. The summed E-state index contributed by atoms with van der Waals surface area (Å²) in [6.45, 7) is 5.80. The maximum Gasteiger partial charge on any atom is 0.356 e. The zero-order chi connectivity index (χ0) is 14.1. The summed E-state index contributed by atoms with van der Waals surface area (Å²) in [7, 11) is 0. The zero-order valence-electron chi connectivity index (χ0n) is 10.8. The van der Waals surface area contributed by atoms with Gasteiger partial charge in [-0.15, -0.1) is 0 Å². The summed E-state index contributed by atoms with van der Waals surface area (Å²) in [6, 6.07) is 0. The third-order valence-electron chi connectivity index (χ3n) is 1.86. The minimum Gasteiger partial charge on any atom is -0.461 e. The molecule has 1 aliphatic rings. The molecule has 0 aromatic rings. The highest BCUT2D eigenvalue weighted by atomic mass is 19.1. The molecule has 0 unspecified atom stereocenters. The molecule has 0 spiro atoms. The van der Waals surface area contributed by atoms with Crippen molar-refractivity contribution in [1.82, 2.24) is 0 Å². The highest BCUT2D eigenvalue weighted by Gasteiger charge is 2.19. The molecule has 100 valence electrons. The van der Waals surface area contributed by atoms with Gasteiger partial charge in [0.2, 0.25) is 5.95 Å². The van der Waals surface area contributed by atoms with E-state index < -0.39 is 17.6 Å². The SMILES string of the molecule is CC.CCOC(=O)C(=N)C1=CCC=C(F)N=C1N. The summed E-state index contributed by atoms with van der Waals surface area (Å²) in [5, 5.41) is 7.54. The molecule has 0 aliphatic carbocycles. The predicted molar refractivity (Wildman–Crippen MR) is 69.2 cm³/mol. The van der Waals surface area contributed by atoms with Crippen molar-refractivity contribution in [3.05, 3.63) is 23.7 Å². The summed E-state index contributed by atoms with van der Waals surface area (Å²) < 4.78 is 17.5. The van der Waals surface area contributed by atoms with Crippen LogP contribution in [0.3, 0.4) is 0 Å². The number of rotatable bonds is 3. The van der Waals surface area contributed by atoms with E-state index in [1.54, 1.807) is 6.92 Å². The molecule has 1 rings (SSSR count). The first-order valence-electron chi connectivity index (χ1n) is 5.72. The van der Waals surface area contributed by atoms with E-state index >= 15 is 0 Å².